The van der Waals surface area contributed by atoms with Crippen LogP contribution in [-0.4, -0.2) is 30.3 Å². The highest BCUT2D eigenvalue weighted by atomic mass is 19.1. The Balaban J connectivity index is 1.91. The minimum absolute atomic E-state index is 0.0994. The number of hydrogen-bond acceptors (Lipinski definition) is 4. The molecule has 0 aliphatic carbocycles. The number of aliphatic imine (C=N–C) groups is 1. The molecule has 0 fully saturated rings. The molecule has 26 heavy (non-hydrogen) atoms. The predicted octanol–water partition coefficient (Wildman–Crippen LogP) is 3.29. The van der Waals surface area contributed by atoms with E-state index in [2.05, 4.69) is 20.8 Å². The second-order valence-electron chi connectivity index (χ2n) is 5.82. The number of ether oxygens (including phenoxy) is 1. The molecule has 0 aliphatic rings. The van der Waals surface area contributed by atoms with Crippen LogP contribution in [0.25, 0.3) is 0 Å². The van der Waals surface area contributed by atoms with E-state index >= 15 is 0 Å². The fourth-order valence-electron chi connectivity index (χ4n) is 2.31. The monoisotopic (exact) mass is 362 g/mol. The number of nitrogens with zero attached hydrogens (tertiary/aromatic N) is 2. The summed E-state index contributed by atoms with van der Waals surface area (Å²) in [7, 11) is 0. The molecule has 1 aromatic heterocycles. The highest BCUT2D eigenvalue weighted by Gasteiger charge is 2.10. The Labute approximate surface area is 153 Å². The number of rotatable bonds is 9. The molecule has 2 N–H and O–H groups in total. The average molecular weight is 362 g/mol. The third kappa shape index (κ3) is 6.38. The van der Waals surface area contributed by atoms with Gasteiger partial charge in [0.2, 0.25) is 0 Å². The highest BCUT2D eigenvalue weighted by molar-refractivity contribution is 5.79. The zero-order valence-corrected chi connectivity index (χ0v) is 15.6. The smallest absolute Gasteiger partial charge is 0.191 e. The van der Waals surface area contributed by atoms with Gasteiger partial charge in [-0.3, -0.25) is 0 Å². The third-order valence-electron chi connectivity index (χ3n) is 3.76. The fraction of sp³-hybridized carbons (Fsp3) is 0.474. The first-order valence-corrected chi connectivity index (χ1v) is 9.03. The van der Waals surface area contributed by atoms with Crippen LogP contribution >= 0.6 is 0 Å². The molecule has 0 radical (unpaired) electrons. The van der Waals surface area contributed by atoms with Gasteiger partial charge < -0.3 is 19.9 Å². The highest BCUT2D eigenvalue weighted by Crippen LogP contribution is 2.14. The first kappa shape index (κ1) is 19.8. The Morgan fingerprint density at radius 2 is 2.12 bits per heavy atom. The third-order valence-corrected chi connectivity index (χ3v) is 3.76. The van der Waals surface area contributed by atoms with Crippen molar-refractivity contribution in [2.75, 3.05) is 13.1 Å². The Bertz CT molecular complexity index is 702. The second kappa shape index (κ2) is 10.4. The van der Waals surface area contributed by atoms with Crippen molar-refractivity contribution in [3.05, 3.63) is 47.6 Å². The van der Waals surface area contributed by atoms with E-state index in [1.165, 1.54) is 12.1 Å². The van der Waals surface area contributed by atoms with Gasteiger partial charge in [-0.15, -0.1) is 0 Å². The lowest BCUT2D eigenvalue weighted by atomic mass is 10.2. The number of aryl methyl sites for hydroxylation is 1. The van der Waals surface area contributed by atoms with Crippen molar-refractivity contribution in [2.24, 2.45) is 4.99 Å². The molecule has 1 atom stereocenters. The molecule has 0 spiro atoms. The second-order valence-corrected chi connectivity index (χ2v) is 5.82. The van der Waals surface area contributed by atoms with Crippen LogP contribution in [0, 0.1) is 5.82 Å². The van der Waals surface area contributed by atoms with Crippen molar-refractivity contribution in [3.63, 3.8) is 0 Å². The predicted molar refractivity (Wildman–Crippen MR) is 99.8 cm³/mol. The largest absolute Gasteiger partial charge is 0.489 e. The SMILES string of the molecule is CCNC(=NCc1cc(CC)no1)NCC(CC)Oc1cccc(F)c1. The molecule has 1 aromatic carbocycles. The summed E-state index contributed by atoms with van der Waals surface area (Å²) in [5, 5.41) is 10.4. The van der Waals surface area contributed by atoms with Crippen molar-refractivity contribution in [1.82, 2.24) is 15.8 Å². The maximum absolute atomic E-state index is 13.3. The van der Waals surface area contributed by atoms with Gasteiger partial charge in [0.05, 0.1) is 12.2 Å². The van der Waals surface area contributed by atoms with Crippen molar-refractivity contribution < 1.29 is 13.7 Å². The van der Waals surface area contributed by atoms with Crippen LogP contribution in [-0.2, 0) is 13.0 Å². The number of benzene rings is 1. The lowest BCUT2D eigenvalue weighted by Crippen LogP contribution is -2.42. The summed E-state index contributed by atoms with van der Waals surface area (Å²) in [6.07, 6.45) is 1.52. The minimum Gasteiger partial charge on any atom is -0.489 e. The Hall–Kier alpha value is -2.57. The van der Waals surface area contributed by atoms with Crippen LogP contribution in [0.15, 0.2) is 39.8 Å². The normalized spacial score (nSPS) is 12.7. The van der Waals surface area contributed by atoms with Crippen LogP contribution in [0.2, 0.25) is 0 Å². The van der Waals surface area contributed by atoms with E-state index in [1.54, 1.807) is 12.1 Å². The van der Waals surface area contributed by atoms with Crippen LogP contribution in [0.5, 0.6) is 5.75 Å². The molecule has 7 heteroatoms. The lowest BCUT2D eigenvalue weighted by molar-refractivity contribution is 0.198. The molecular formula is C19H27FN4O2. The van der Waals surface area contributed by atoms with Crippen LogP contribution in [0.3, 0.4) is 0 Å². The molecule has 0 saturated heterocycles. The Morgan fingerprint density at radius 1 is 1.27 bits per heavy atom. The van der Waals surface area contributed by atoms with E-state index in [0.29, 0.717) is 24.8 Å². The first-order valence-electron chi connectivity index (χ1n) is 9.03. The van der Waals surface area contributed by atoms with E-state index in [9.17, 15) is 4.39 Å². The lowest BCUT2D eigenvalue weighted by Gasteiger charge is -2.20. The summed E-state index contributed by atoms with van der Waals surface area (Å²) in [6, 6.07) is 8.08. The quantitative estimate of drug-likeness (QED) is 0.529. The fourth-order valence-corrected chi connectivity index (χ4v) is 2.31. The number of aromatic nitrogens is 1. The zero-order valence-electron chi connectivity index (χ0n) is 15.6. The van der Waals surface area contributed by atoms with Crippen molar-refractivity contribution in [1.29, 1.82) is 0 Å². The molecule has 2 aromatic rings. The molecule has 1 unspecified atom stereocenters. The van der Waals surface area contributed by atoms with Gasteiger partial charge >= 0.3 is 0 Å². The van der Waals surface area contributed by atoms with E-state index in [1.807, 2.05) is 26.8 Å². The number of halogens is 1. The van der Waals surface area contributed by atoms with Crippen molar-refractivity contribution in [2.45, 2.75) is 46.3 Å². The molecule has 0 amide bonds. The van der Waals surface area contributed by atoms with Crippen LogP contribution in [0.1, 0.15) is 38.6 Å². The van der Waals surface area contributed by atoms with E-state index in [0.717, 1.165) is 30.8 Å². The Kier molecular flexibility index (Phi) is 7.92. The molecule has 1 heterocycles. The van der Waals surface area contributed by atoms with Gasteiger partial charge in [-0.05, 0) is 31.9 Å². The van der Waals surface area contributed by atoms with Crippen molar-refractivity contribution >= 4 is 5.96 Å². The zero-order chi connectivity index (χ0) is 18.8. The topological polar surface area (TPSA) is 71.7 Å². The van der Waals surface area contributed by atoms with Gasteiger partial charge in [0.25, 0.3) is 0 Å². The molecule has 0 saturated carbocycles. The summed E-state index contributed by atoms with van der Waals surface area (Å²) in [5.41, 5.74) is 0.919. The van der Waals surface area contributed by atoms with Gasteiger partial charge in [-0.1, -0.05) is 25.1 Å². The summed E-state index contributed by atoms with van der Waals surface area (Å²) >= 11 is 0. The first-order chi connectivity index (χ1) is 12.6. The van der Waals surface area contributed by atoms with Gasteiger partial charge in [0.15, 0.2) is 11.7 Å². The van der Waals surface area contributed by atoms with Gasteiger partial charge in [0, 0.05) is 18.7 Å². The number of nitrogens with one attached hydrogen (secondary N) is 2. The summed E-state index contributed by atoms with van der Waals surface area (Å²) in [5.74, 6) is 1.61. The Morgan fingerprint density at radius 3 is 2.77 bits per heavy atom. The van der Waals surface area contributed by atoms with Gasteiger partial charge in [-0.2, -0.15) is 0 Å². The van der Waals surface area contributed by atoms with Gasteiger partial charge in [-0.25, -0.2) is 9.38 Å². The van der Waals surface area contributed by atoms with Crippen LogP contribution < -0.4 is 15.4 Å². The molecule has 2 rings (SSSR count). The van der Waals surface area contributed by atoms with Crippen molar-refractivity contribution in [3.8, 4) is 5.75 Å². The number of hydrogen-bond donors (Lipinski definition) is 2. The summed E-state index contributed by atoms with van der Waals surface area (Å²) in [6.45, 7) is 7.75. The van der Waals surface area contributed by atoms with E-state index in [4.69, 9.17) is 9.26 Å². The average Bonchev–Trinajstić information content (AvgIpc) is 3.11. The van der Waals surface area contributed by atoms with Crippen LogP contribution in [0.4, 0.5) is 4.39 Å². The summed E-state index contributed by atoms with van der Waals surface area (Å²) in [4.78, 5) is 4.50. The molecule has 6 nitrogen and oxygen atoms in total. The van der Waals surface area contributed by atoms with E-state index < -0.39 is 0 Å². The standard InChI is InChI=1S/C19H27FN4O2/c1-4-15-11-18(26-24-15)13-23-19(21-6-3)22-12-16(5-2)25-17-9-7-8-14(20)10-17/h7-11,16H,4-6,12-13H2,1-3H3,(H2,21,22,23). The molecule has 0 aliphatic heterocycles. The molecular weight excluding hydrogens is 335 g/mol. The van der Waals surface area contributed by atoms with E-state index in [-0.39, 0.29) is 11.9 Å². The minimum atomic E-state index is -0.307. The number of guanidine groups is 1. The molecule has 142 valence electrons. The molecule has 0 bridgehead atoms. The maximum Gasteiger partial charge on any atom is 0.191 e. The van der Waals surface area contributed by atoms with Gasteiger partial charge in [0.1, 0.15) is 24.2 Å². The maximum atomic E-state index is 13.3. The summed E-state index contributed by atoms with van der Waals surface area (Å²) < 4.78 is 24.4.